The normalized spacial score (nSPS) is 11.5. The number of benzene rings is 2. The Bertz CT molecular complexity index is 912. The van der Waals surface area contributed by atoms with Gasteiger partial charge in [0.05, 0.1) is 18.8 Å². The molecule has 3 rings (SSSR count). The molecule has 4 nitrogen and oxygen atoms in total. The average molecular weight is 352 g/mol. The molecule has 0 amide bonds. The summed E-state index contributed by atoms with van der Waals surface area (Å²) in [4.78, 5) is 18.4. The molecule has 0 saturated heterocycles. The minimum atomic E-state index is -0.290. The molecule has 0 fully saturated rings. The van der Waals surface area contributed by atoms with E-state index in [1.54, 1.807) is 0 Å². The predicted molar refractivity (Wildman–Crippen MR) is 100 cm³/mol. The molecule has 0 aliphatic heterocycles. The van der Waals surface area contributed by atoms with Crippen molar-refractivity contribution in [2.75, 3.05) is 6.61 Å². The Hall–Kier alpha value is -2.66. The Kier molecular flexibility index (Phi) is 5.46. The van der Waals surface area contributed by atoms with Crippen molar-refractivity contribution >= 4 is 23.0 Å². The van der Waals surface area contributed by atoms with Crippen LogP contribution in [-0.2, 0) is 11.3 Å². The number of hydrogen-bond donors (Lipinski definition) is 0. The number of aromatic nitrogens is 1. The lowest BCUT2D eigenvalue weighted by molar-refractivity contribution is 0.0530. The number of para-hydroxylation sites is 1. The summed E-state index contributed by atoms with van der Waals surface area (Å²) in [5.74, 6) is -0.290. The van der Waals surface area contributed by atoms with Crippen molar-refractivity contribution in [1.29, 1.82) is 0 Å². The Labute approximate surface area is 151 Å². The molecule has 0 spiro atoms. The number of esters is 1. The first kappa shape index (κ1) is 17.2. The van der Waals surface area contributed by atoms with Crippen molar-refractivity contribution < 1.29 is 9.53 Å². The second kappa shape index (κ2) is 7.94. The van der Waals surface area contributed by atoms with Crippen molar-refractivity contribution in [1.82, 2.24) is 4.57 Å². The second-order valence-electron chi connectivity index (χ2n) is 5.54. The van der Waals surface area contributed by atoms with E-state index in [2.05, 4.69) is 16.7 Å². The molecular formula is C20H20N2O2S. The molecule has 0 aliphatic carbocycles. The van der Waals surface area contributed by atoms with E-state index in [1.165, 1.54) is 11.3 Å². The standard InChI is InChI=1S/C20H20N2O2S/c1-3-24-19(23)18-15(2)22(14-16-10-6-4-7-11-16)20(25-18)21-17-12-8-5-9-13-17/h4-13H,3,14H2,1-2H3. The highest BCUT2D eigenvalue weighted by Crippen LogP contribution is 2.17. The Morgan fingerprint density at radius 3 is 2.36 bits per heavy atom. The van der Waals surface area contributed by atoms with Gasteiger partial charge in [-0.05, 0) is 31.5 Å². The van der Waals surface area contributed by atoms with Crippen LogP contribution in [0.2, 0.25) is 0 Å². The van der Waals surface area contributed by atoms with Crippen LogP contribution in [0, 0.1) is 6.92 Å². The summed E-state index contributed by atoms with van der Waals surface area (Å²) in [6, 6.07) is 19.9. The van der Waals surface area contributed by atoms with Crippen molar-refractivity contribution in [2.45, 2.75) is 20.4 Å². The van der Waals surface area contributed by atoms with Gasteiger partial charge in [0.15, 0.2) is 4.80 Å². The predicted octanol–water partition coefficient (Wildman–Crippen LogP) is 4.32. The van der Waals surface area contributed by atoms with Crippen LogP contribution in [0.4, 0.5) is 5.69 Å². The van der Waals surface area contributed by atoms with E-state index in [4.69, 9.17) is 9.73 Å². The fraction of sp³-hybridized carbons (Fsp3) is 0.200. The van der Waals surface area contributed by atoms with Crippen LogP contribution < -0.4 is 4.80 Å². The molecule has 0 N–H and O–H groups in total. The van der Waals surface area contributed by atoms with Gasteiger partial charge in [0.1, 0.15) is 4.88 Å². The van der Waals surface area contributed by atoms with E-state index >= 15 is 0 Å². The number of carbonyl (C=O) groups excluding carboxylic acids is 1. The molecule has 0 radical (unpaired) electrons. The van der Waals surface area contributed by atoms with Crippen molar-refractivity contribution in [3.8, 4) is 0 Å². The van der Waals surface area contributed by atoms with Crippen LogP contribution in [-0.4, -0.2) is 17.1 Å². The molecular weight excluding hydrogens is 332 g/mol. The smallest absolute Gasteiger partial charge is 0.350 e. The molecule has 0 atom stereocenters. The Balaban J connectivity index is 2.10. The number of nitrogens with zero attached hydrogens (tertiary/aromatic N) is 2. The summed E-state index contributed by atoms with van der Waals surface area (Å²) < 4.78 is 7.26. The van der Waals surface area contributed by atoms with Crippen molar-refractivity contribution in [3.05, 3.63) is 81.6 Å². The van der Waals surface area contributed by atoms with E-state index in [-0.39, 0.29) is 5.97 Å². The van der Waals surface area contributed by atoms with Gasteiger partial charge >= 0.3 is 5.97 Å². The van der Waals surface area contributed by atoms with Crippen LogP contribution in [0.5, 0.6) is 0 Å². The molecule has 0 saturated carbocycles. The van der Waals surface area contributed by atoms with E-state index < -0.39 is 0 Å². The molecule has 2 aromatic carbocycles. The first-order valence-electron chi connectivity index (χ1n) is 8.20. The van der Waals surface area contributed by atoms with Crippen LogP contribution in [0.3, 0.4) is 0 Å². The van der Waals surface area contributed by atoms with Crippen LogP contribution in [0.15, 0.2) is 65.7 Å². The van der Waals surface area contributed by atoms with Crippen LogP contribution in [0.1, 0.15) is 27.9 Å². The Morgan fingerprint density at radius 2 is 1.72 bits per heavy atom. The van der Waals surface area contributed by atoms with Gasteiger partial charge in [-0.1, -0.05) is 59.9 Å². The summed E-state index contributed by atoms with van der Waals surface area (Å²) in [7, 11) is 0. The van der Waals surface area contributed by atoms with Crippen LogP contribution >= 0.6 is 11.3 Å². The maximum Gasteiger partial charge on any atom is 0.350 e. The fourth-order valence-corrected chi connectivity index (χ4v) is 3.57. The quantitative estimate of drug-likeness (QED) is 0.642. The van der Waals surface area contributed by atoms with Crippen LogP contribution in [0.25, 0.3) is 0 Å². The van der Waals surface area contributed by atoms with Gasteiger partial charge in [0.2, 0.25) is 0 Å². The van der Waals surface area contributed by atoms with Gasteiger partial charge in [-0.2, -0.15) is 0 Å². The lowest BCUT2D eigenvalue weighted by Crippen LogP contribution is -2.17. The fourth-order valence-electron chi connectivity index (χ4n) is 2.52. The lowest BCUT2D eigenvalue weighted by Gasteiger charge is -2.07. The third-order valence-corrected chi connectivity index (χ3v) is 4.94. The van der Waals surface area contributed by atoms with E-state index in [1.807, 2.05) is 62.4 Å². The molecule has 25 heavy (non-hydrogen) atoms. The molecule has 128 valence electrons. The van der Waals surface area contributed by atoms with Gasteiger partial charge in [-0.25, -0.2) is 9.79 Å². The first-order valence-corrected chi connectivity index (χ1v) is 9.01. The zero-order chi connectivity index (χ0) is 17.6. The second-order valence-corrected chi connectivity index (χ2v) is 6.52. The molecule has 0 bridgehead atoms. The molecule has 1 heterocycles. The van der Waals surface area contributed by atoms with Gasteiger partial charge < -0.3 is 9.30 Å². The molecule has 0 aliphatic rings. The molecule has 0 unspecified atom stereocenters. The largest absolute Gasteiger partial charge is 0.462 e. The molecule has 3 aromatic rings. The minimum absolute atomic E-state index is 0.290. The monoisotopic (exact) mass is 352 g/mol. The zero-order valence-electron chi connectivity index (χ0n) is 14.3. The van der Waals surface area contributed by atoms with Gasteiger partial charge in [-0.3, -0.25) is 0 Å². The highest BCUT2D eigenvalue weighted by Gasteiger charge is 2.18. The summed E-state index contributed by atoms with van der Waals surface area (Å²) in [6.45, 7) is 4.78. The van der Waals surface area contributed by atoms with Gasteiger partial charge in [-0.15, -0.1) is 0 Å². The first-order chi connectivity index (χ1) is 12.2. The topological polar surface area (TPSA) is 43.6 Å². The maximum absolute atomic E-state index is 12.3. The third-order valence-electron chi connectivity index (χ3n) is 3.78. The SMILES string of the molecule is CCOC(=O)c1sc(=Nc2ccccc2)n(Cc2ccccc2)c1C. The Morgan fingerprint density at radius 1 is 1.08 bits per heavy atom. The summed E-state index contributed by atoms with van der Waals surface area (Å²) in [5.41, 5.74) is 2.90. The average Bonchev–Trinajstić information content (AvgIpc) is 2.93. The van der Waals surface area contributed by atoms with Gasteiger partial charge in [0.25, 0.3) is 0 Å². The van der Waals surface area contributed by atoms with Crippen molar-refractivity contribution in [3.63, 3.8) is 0 Å². The number of carbonyl (C=O) groups is 1. The van der Waals surface area contributed by atoms with Crippen molar-refractivity contribution in [2.24, 2.45) is 4.99 Å². The van der Waals surface area contributed by atoms with E-state index in [9.17, 15) is 4.79 Å². The number of hydrogen-bond acceptors (Lipinski definition) is 4. The van der Waals surface area contributed by atoms with E-state index in [0.29, 0.717) is 18.0 Å². The highest BCUT2D eigenvalue weighted by molar-refractivity contribution is 7.11. The maximum atomic E-state index is 12.3. The number of rotatable bonds is 5. The summed E-state index contributed by atoms with van der Waals surface area (Å²) >= 11 is 1.37. The summed E-state index contributed by atoms with van der Waals surface area (Å²) in [6.07, 6.45) is 0. The number of ether oxygens (including phenoxy) is 1. The number of thiazole rings is 1. The summed E-state index contributed by atoms with van der Waals surface area (Å²) in [5, 5.41) is 0. The molecule has 1 aromatic heterocycles. The zero-order valence-corrected chi connectivity index (χ0v) is 15.1. The highest BCUT2D eigenvalue weighted by atomic mass is 32.1. The van der Waals surface area contributed by atoms with Gasteiger partial charge in [0, 0.05) is 5.69 Å². The van der Waals surface area contributed by atoms with E-state index in [0.717, 1.165) is 21.7 Å². The lowest BCUT2D eigenvalue weighted by atomic mass is 10.2. The third kappa shape index (κ3) is 4.06. The molecule has 5 heteroatoms. The minimum Gasteiger partial charge on any atom is -0.462 e.